The summed E-state index contributed by atoms with van der Waals surface area (Å²) >= 11 is 0. The molecule has 0 fully saturated rings. The van der Waals surface area contributed by atoms with E-state index >= 15 is 0 Å². The van der Waals surface area contributed by atoms with Gasteiger partial charge in [-0.3, -0.25) is 14.4 Å². The molecule has 0 N–H and O–H groups in total. The third-order valence-corrected chi connectivity index (χ3v) is 11.4. The predicted octanol–water partition coefficient (Wildman–Crippen LogP) is 18.9. The van der Waals surface area contributed by atoms with Crippen LogP contribution in [0.1, 0.15) is 239 Å². The monoisotopic (exact) mass is 955 g/mol. The number of carbonyl (C=O) groups is 3. The van der Waals surface area contributed by atoms with Crippen molar-refractivity contribution < 1.29 is 28.6 Å². The molecule has 0 spiro atoms. The molecule has 6 heteroatoms. The van der Waals surface area contributed by atoms with Crippen molar-refractivity contribution in [2.75, 3.05) is 13.2 Å². The SMILES string of the molecule is CC/C=C\C/C=C\C/C=C\C/C=C\CCCCCCC(=O)OC[C@H](COC(=O)CCCCCCC/C=C\CCCCCCCC)OC(=O)CC/C=C\C/C=C\C/C=C\C/C=C\C/C=C\CCCCC. The van der Waals surface area contributed by atoms with E-state index in [1.807, 2.05) is 12.2 Å². The minimum atomic E-state index is -0.835. The minimum absolute atomic E-state index is 0.123. The van der Waals surface area contributed by atoms with Crippen LogP contribution in [-0.4, -0.2) is 37.2 Å². The van der Waals surface area contributed by atoms with Crippen LogP contribution in [-0.2, 0) is 28.6 Å². The minimum Gasteiger partial charge on any atom is -0.462 e. The Hall–Kier alpha value is -4.19. The molecular formula is C63H102O6. The normalized spacial score (nSPS) is 13.0. The standard InChI is InChI=1S/C63H102O6/c1-4-7-10-13-16-19-22-25-28-30-31-33-36-39-42-45-48-51-54-57-63(66)69-60(58-67-61(64)55-52-49-46-43-40-37-34-27-24-21-18-15-12-9-6-3)59-68-62(65)56-53-50-47-44-41-38-35-32-29-26-23-20-17-14-11-8-5-2/h8,11,16-17,19-20,25-29,31,33-35,38-39,42,48,51,60H,4-7,9-10,12-15,18,21-24,30,32,36-37,40-41,43-47,49-50,52-59H2,1-3H3/b11-8-,19-16-,20-17-,28-25-,29-26-,33-31-,34-27-,38-35-,42-39-,51-48-/t60-/m0/s1. The Bertz CT molecular complexity index is 1470. The lowest BCUT2D eigenvalue weighted by atomic mass is 10.1. The quantitative estimate of drug-likeness (QED) is 0.0262. The number of allylic oxidation sites excluding steroid dienone is 20. The maximum atomic E-state index is 12.8. The summed E-state index contributed by atoms with van der Waals surface area (Å²) in [6.45, 7) is 6.40. The topological polar surface area (TPSA) is 78.9 Å². The lowest BCUT2D eigenvalue weighted by Gasteiger charge is -2.18. The zero-order valence-electron chi connectivity index (χ0n) is 44.5. The van der Waals surface area contributed by atoms with Gasteiger partial charge < -0.3 is 14.2 Å². The van der Waals surface area contributed by atoms with Crippen LogP contribution in [0.15, 0.2) is 122 Å². The van der Waals surface area contributed by atoms with E-state index in [9.17, 15) is 14.4 Å². The fourth-order valence-electron chi connectivity index (χ4n) is 7.23. The first-order chi connectivity index (χ1) is 34.0. The molecule has 0 aliphatic carbocycles. The van der Waals surface area contributed by atoms with Gasteiger partial charge in [-0.1, -0.05) is 219 Å². The summed E-state index contributed by atoms with van der Waals surface area (Å²) in [5.41, 5.74) is 0. The van der Waals surface area contributed by atoms with Crippen molar-refractivity contribution in [3.8, 4) is 0 Å². The van der Waals surface area contributed by atoms with Gasteiger partial charge in [0.1, 0.15) is 13.2 Å². The Morgan fingerprint density at radius 2 is 0.594 bits per heavy atom. The number of rotatable bonds is 49. The Labute approximate surface area is 424 Å². The summed E-state index contributed by atoms with van der Waals surface area (Å²) in [5.74, 6) is -1.04. The summed E-state index contributed by atoms with van der Waals surface area (Å²) in [6.07, 6.45) is 77.6. The van der Waals surface area contributed by atoms with Crippen molar-refractivity contribution in [2.45, 2.75) is 245 Å². The first-order valence-corrected chi connectivity index (χ1v) is 28.0. The molecule has 1 atom stereocenters. The molecule has 0 bridgehead atoms. The highest BCUT2D eigenvalue weighted by molar-refractivity contribution is 5.71. The first-order valence-electron chi connectivity index (χ1n) is 28.0. The molecule has 69 heavy (non-hydrogen) atoms. The molecule has 0 radical (unpaired) electrons. The summed E-state index contributed by atoms with van der Waals surface area (Å²) in [5, 5.41) is 0. The van der Waals surface area contributed by atoms with Crippen molar-refractivity contribution in [3.05, 3.63) is 122 Å². The number of hydrogen-bond donors (Lipinski definition) is 0. The summed E-state index contributed by atoms with van der Waals surface area (Å²) in [7, 11) is 0. The van der Waals surface area contributed by atoms with Gasteiger partial charge in [-0.2, -0.15) is 0 Å². The molecular weight excluding hydrogens is 853 g/mol. The van der Waals surface area contributed by atoms with E-state index in [0.717, 1.165) is 116 Å². The van der Waals surface area contributed by atoms with Crippen LogP contribution in [0.2, 0.25) is 0 Å². The van der Waals surface area contributed by atoms with Crippen LogP contribution in [0.25, 0.3) is 0 Å². The van der Waals surface area contributed by atoms with Crippen molar-refractivity contribution in [2.24, 2.45) is 0 Å². The molecule has 0 heterocycles. The summed E-state index contributed by atoms with van der Waals surface area (Å²) < 4.78 is 16.7. The molecule has 0 saturated heterocycles. The second-order valence-electron chi connectivity index (χ2n) is 18.1. The largest absolute Gasteiger partial charge is 0.462 e. The van der Waals surface area contributed by atoms with Gasteiger partial charge in [-0.15, -0.1) is 0 Å². The smallest absolute Gasteiger partial charge is 0.306 e. The number of ether oxygens (including phenoxy) is 3. The second-order valence-corrected chi connectivity index (χ2v) is 18.1. The van der Waals surface area contributed by atoms with Crippen molar-refractivity contribution in [1.29, 1.82) is 0 Å². The molecule has 0 aromatic rings. The van der Waals surface area contributed by atoms with Gasteiger partial charge in [-0.25, -0.2) is 0 Å². The van der Waals surface area contributed by atoms with Crippen molar-refractivity contribution in [3.63, 3.8) is 0 Å². The van der Waals surface area contributed by atoms with Gasteiger partial charge in [0, 0.05) is 19.3 Å². The van der Waals surface area contributed by atoms with Crippen LogP contribution >= 0.6 is 0 Å². The van der Waals surface area contributed by atoms with Gasteiger partial charge in [0.2, 0.25) is 0 Å². The van der Waals surface area contributed by atoms with Crippen LogP contribution in [0, 0.1) is 0 Å². The third kappa shape index (κ3) is 54.6. The molecule has 0 aromatic carbocycles. The van der Waals surface area contributed by atoms with E-state index in [4.69, 9.17) is 14.2 Å². The molecule has 390 valence electrons. The molecule has 0 aromatic heterocycles. The van der Waals surface area contributed by atoms with E-state index in [1.54, 1.807) is 0 Å². The Morgan fingerprint density at radius 3 is 0.986 bits per heavy atom. The number of esters is 3. The molecule has 0 saturated carbocycles. The second kappa shape index (κ2) is 56.4. The van der Waals surface area contributed by atoms with E-state index in [2.05, 4.69) is 130 Å². The van der Waals surface area contributed by atoms with Gasteiger partial charge >= 0.3 is 17.9 Å². The lowest BCUT2D eigenvalue weighted by Crippen LogP contribution is -2.30. The zero-order chi connectivity index (χ0) is 50.0. The Morgan fingerprint density at radius 1 is 0.304 bits per heavy atom. The maximum absolute atomic E-state index is 12.8. The van der Waals surface area contributed by atoms with Gasteiger partial charge in [0.25, 0.3) is 0 Å². The fourth-order valence-corrected chi connectivity index (χ4v) is 7.23. The molecule has 0 aliphatic heterocycles. The highest BCUT2D eigenvalue weighted by Gasteiger charge is 2.19. The van der Waals surface area contributed by atoms with E-state index in [1.165, 1.54) is 77.0 Å². The van der Waals surface area contributed by atoms with Crippen molar-refractivity contribution in [1.82, 2.24) is 0 Å². The third-order valence-electron chi connectivity index (χ3n) is 11.4. The fraction of sp³-hybridized carbons (Fsp3) is 0.635. The highest BCUT2D eigenvalue weighted by Crippen LogP contribution is 2.12. The average Bonchev–Trinajstić information content (AvgIpc) is 3.35. The van der Waals surface area contributed by atoms with E-state index < -0.39 is 12.1 Å². The van der Waals surface area contributed by atoms with Crippen LogP contribution in [0.4, 0.5) is 0 Å². The summed E-state index contributed by atoms with van der Waals surface area (Å²) in [4.78, 5) is 38.1. The number of unbranched alkanes of at least 4 members (excludes halogenated alkanes) is 18. The van der Waals surface area contributed by atoms with Gasteiger partial charge in [0.05, 0.1) is 0 Å². The summed E-state index contributed by atoms with van der Waals surface area (Å²) in [6, 6.07) is 0. The van der Waals surface area contributed by atoms with Crippen LogP contribution in [0.3, 0.4) is 0 Å². The Kier molecular flexibility index (Phi) is 53.0. The first kappa shape index (κ1) is 64.8. The highest BCUT2D eigenvalue weighted by atomic mass is 16.6. The number of carbonyl (C=O) groups excluding carboxylic acids is 3. The van der Waals surface area contributed by atoms with E-state index in [0.29, 0.717) is 19.3 Å². The maximum Gasteiger partial charge on any atom is 0.306 e. The van der Waals surface area contributed by atoms with E-state index in [-0.39, 0.29) is 31.6 Å². The van der Waals surface area contributed by atoms with Gasteiger partial charge in [-0.05, 0) is 122 Å². The van der Waals surface area contributed by atoms with Gasteiger partial charge in [0.15, 0.2) is 6.10 Å². The lowest BCUT2D eigenvalue weighted by molar-refractivity contribution is -0.166. The molecule has 0 amide bonds. The number of hydrogen-bond acceptors (Lipinski definition) is 6. The average molecular weight is 956 g/mol. The molecule has 6 nitrogen and oxygen atoms in total. The van der Waals surface area contributed by atoms with Crippen molar-refractivity contribution >= 4 is 17.9 Å². The van der Waals surface area contributed by atoms with Crippen LogP contribution in [0.5, 0.6) is 0 Å². The molecule has 0 aliphatic rings. The predicted molar refractivity (Wildman–Crippen MR) is 297 cm³/mol. The molecule has 0 rings (SSSR count). The zero-order valence-corrected chi connectivity index (χ0v) is 44.5. The van der Waals surface area contributed by atoms with Crippen LogP contribution < -0.4 is 0 Å². The Balaban J connectivity index is 4.58. The molecule has 0 unspecified atom stereocenters.